The minimum absolute atomic E-state index is 0.0862. The van der Waals surface area contributed by atoms with Gasteiger partial charge in [-0.15, -0.1) is 11.8 Å². The van der Waals surface area contributed by atoms with Gasteiger partial charge in [-0.1, -0.05) is 12.1 Å². The first-order valence-electron chi connectivity index (χ1n) is 7.71. The van der Waals surface area contributed by atoms with Crippen molar-refractivity contribution in [3.05, 3.63) is 65.7 Å². The fourth-order valence-electron chi connectivity index (χ4n) is 2.20. The van der Waals surface area contributed by atoms with Crippen LogP contribution >= 0.6 is 11.8 Å². The van der Waals surface area contributed by atoms with Gasteiger partial charge < -0.3 is 14.2 Å². The van der Waals surface area contributed by atoms with Gasteiger partial charge in [0.05, 0.1) is 29.8 Å². The second-order valence-corrected chi connectivity index (χ2v) is 6.34. The molecule has 2 aromatic heterocycles. The Bertz CT molecular complexity index is 846. The van der Waals surface area contributed by atoms with Crippen LogP contribution in [-0.4, -0.2) is 16.6 Å². The van der Waals surface area contributed by atoms with Gasteiger partial charge in [-0.2, -0.15) is 0 Å². The minimum atomic E-state index is -0.375. The predicted octanol–water partition coefficient (Wildman–Crippen LogP) is 3.93. The van der Waals surface area contributed by atoms with E-state index >= 15 is 0 Å². The zero-order chi connectivity index (χ0) is 17.6. The molecule has 0 saturated carbocycles. The standard InChI is InChI=1S/C18H17FN2O3S/c1-12-16(21-18(24-12)14-6-2-3-7-15(14)19)10-25-11-17(22)20-9-13-5-4-8-23-13/h2-8H,9-11H2,1H3,(H,20,22). The Kier molecular flexibility index (Phi) is 5.55. The van der Waals surface area contributed by atoms with Gasteiger partial charge in [0.15, 0.2) is 0 Å². The molecule has 130 valence electrons. The Balaban J connectivity index is 1.52. The number of hydrogen-bond acceptors (Lipinski definition) is 5. The van der Waals surface area contributed by atoms with Crippen LogP contribution in [0.2, 0.25) is 0 Å². The fraction of sp³-hybridized carbons (Fsp3) is 0.222. The van der Waals surface area contributed by atoms with Gasteiger partial charge in [-0.25, -0.2) is 9.37 Å². The summed E-state index contributed by atoms with van der Waals surface area (Å²) in [7, 11) is 0. The summed E-state index contributed by atoms with van der Waals surface area (Å²) in [6.07, 6.45) is 1.57. The van der Waals surface area contributed by atoms with Crippen molar-refractivity contribution in [2.24, 2.45) is 0 Å². The zero-order valence-electron chi connectivity index (χ0n) is 13.6. The number of oxazole rings is 1. The van der Waals surface area contributed by atoms with Crippen LogP contribution in [0.5, 0.6) is 0 Å². The van der Waals surface area contributed by atoms with E-state index in [0.717, 1.165) is 0 Å². The molecule has 7 heteroatoms. The predicted molar refractivity (Wildman–Crippen MR) is 93.4 cm³/mol. The molecular weight excluding hydrogens is 343 g/mol. The van der Waals surface area contributed by atoms with Crippen LogP contribution in [0, 0.1) is 12.7 Å². The van der Waals surface area contributed by atoms with E-state index < -0.39 is 0 Å². The van der Waals surface area contributed by atoms with E-state index in [-0.39, 0.29) is 17.6 Å². The molecule has 0 saturated heterocycles. The van der Waals surface area contributed by atoms with Crippen LogP contribution in [0.4, 0.5) is 4.39 Å². The smallest absolute Gasteiger partial charge is 0.230 e. The largest absolute Gasteiger partial charge is 0.467 e. The molecule has 1 aromatic carbocycles. The number of thioether (sulfide) groups is 1. The summed E-state index contributed by atoms with van der Waals surface area (Å²) in [5.41, 5.74) is 1.04. The second kappa shape index (κ2) is 8.02. The van der Waals surface area contributed by atoms with Crippen LogP contribution in [0.25, 0.3) is 11.5 Å². The molecule has 0 aliphatic carbocycles. The first kappa shape index (κ1) is 17.3. The van der Waals surface area contributed by atoms with Crippen LogP contribution < -0.4 is 5.32 Å². The van der Waals surface area contributed by atoms with Crippen LogP contribution in [-0.2, 0) is 17.1 Å². The highest BCUT2D eigenvalue weighted by atomic mass is 32.2. The molecule has 25 heavy (non-hydrogen) atoms. The highest BCUT2D eigenvalue weighted by molar-refractivity contribution is 7.99. The summed E-state index contributed by atoms with van der Waals surface area (Å²) in [6.45, 7) is 2.15. The first-order chi connectivity index (χ1) is 12.1. The number of nitrogens with one attached hydrogen (secondary N) is 1. The van der Waals surface area contributed by atoms with Crippen LogP contribution in [0.1, 0.15) is 17.2 Å². The lowest BCUT2D eigenvalue weighted by molar-refractivity contribution is -0.118. The molecule has 0 unspecified atom stereocenters. The monoisotopic (exact) mass is 360 g/mol. The minimum Gasteiger partial charge on any atom is -0.467 e. The first-order valence-corrected chi connectivity index (χ1v) is 8.87. The fourth-order valence-corrected chi connectivity index (χ4v) is 3.05. The summed E-state index contributed by atoms with van der Waals surface area (Å²) in [6, 6.07) is 9.92. The Morgan fingerprint density at radius 2 is 2.12 bits per heavy atom. The maximum absolute atomic E-state index is 13.8. The summed E-state index contributed by atoms with van der Waals surface area (Å²) in [5.74, 6) is 1.94. The normalized spacial score (nSPS) is 10.8. The van der Waals surface area contributed by atoms with Gasteiger partial charge in [-0.3, -0.25) is 4.79 Å². The van der Waals surface area contributed by atoms with E-state index in [4.69, 9.17) is 8.83 Å². The van der Waals surface area contributed by atoms with Crippen molar-refractivity contribution >= 4 is 17.7 Å². The number of furan rings is 1. The molecule has 5 nitrogen and oxygen atoms in total. The SMILES string of the molecule is Cc1oc(-c2ccccc2F)nc1CSCC(=O)NCc1ccco1. The maximum atomic E-state index is 13.8. The van der Waals surface area contributed by atoms with Crippen molar-refractivity contribution in [3.63, 3.8) is 0 Å². The number of amides is 1. The summed E-state index contributed by atoms with van der Waals surface area (Å²) < 4.78 is 24.5. The van der Waals surface area contributed by atoms with Crippen molar-refractivity contribution in [1.82, 2.24) is 10.3 Å². The average Bonchev–Trinajstić information content (AvgIpc) is 3.24. The molecule has 0 bridgehead atoms. The molecule has 0 radical (unpaired) electrons. The number of halogens is 1. The van der Waals surface area contributed by atoms with E-state index in [9.17, 15) is 9.18 Å². The van der Waals surface area contributed by atoms with Gasteiger partial charge in [-0.05, 0) is 31.2 Å². The average molecular weight is 360 g/mol. The molecule has 2 heterocycles. The topological polar surface area (TPSA) is 68.3 Å². The molecule has 1 amide bonds. The lowest BCUT2D eigenvalue weighted by Gasteiger charge is -2.02. The van der Waals surface area contributed by atoms with Gasteiger partial charge >= 0.3 is 0 Å². The molecule has 0 spiro atoms. The molecule has 0 aliphatic rings. The number of carbonyl (C=O) groups excluding carboxylic acids is 1. The Hall–Kier alpha value is -2.54. The highest BCUT2D eigenvalue weighted by Gasteiger charge is 2.15. The number of benzene rings is 1. The molecule has 0 aliphatic heterocycles. The second-order valence-electron chi connectivity index (χ2n) is 5.35. The number of carbonyl (C=O) groups is 1. The Labute approximate surface area is 148 Å². The third-order valence-electron chi connectivity index (χ3n) is 3.51. The quantitative estimate of drug-likeness (QED) is 0.691. The van der Waals surface area contributed by atoms with Gasteiger partial charge in [0.1, 0.15) is 17.3 Å². The van der Waals surface area contributed by atoms with Gasteiger partial charge in [0.2, 0.25) is 11.8 Å². The van der Waals surface area contributed by atoms with Crippen molar-refractivity contribution in [2.45, 2.75) is 19.2 Å². The molecule has 0 fully saturated rings. The lowest BCUT2D eigenvalue weighted by Crippen LogP contribution is -2.24. The molecular formula is C18H17FN2O3S. The van der Waals surface area contributed by atoms with Gasteiger partial charge in [0.25, 0.3) is 0 Å². The molecule has 3 rings (SSSR count). The Morgan fingerprint density at radius 1 is 1.28 bits per heavy atom. The van der Waals surface area contributed by atoms with Crippen molar-refractivity contribution in [3.8, 4) is 11.5 Å². The highest BCUT2D eigenvalue weighted by Crippen LogP contribution is 2.26. The summed E-state index contributed by atoms with van der Waals surface area (Å²) >= 11 is 1.42. The number of nitrogens with zero attached hydrogens (tertiary/aromatic N) is 1. The molecule has 1 N–H and O–H groups in total. The lowest BCUT2D eigenvalue weighted by atomic mass is 10.2. The zero-order valence-corrected chi connectivity index (χ0v) is 14.4. The van der Waals surface area contributed by atoms with Crippen molar-refractivity contribution in [1.29, 1.82) is 0 Å². The summed E-state index contributed by atoms with van der Waals surface area (Å²) in [4.78, 5) is 16.2. The number of rotatable bonds is 7. The van der Waals surface area contributed by atoms with Gasteiger partial charge in [0, 0.05) is 5.75 Å². The van der Waals surface area contributed by atoms with Crippen molar-refractivity contribution < 1.29 is 18.0 Å². The number of hydrogen-bond donors (Lipinski definition) is 1. The van der Waals surface area contributed by atoms with E-state index in [1.165, 1.54) is 17.8 Å². The van der Waals surface area contributed by atoms with E-state index in [0.29, 0.717) is 40.8 Å². The Morgan fingerprint density at radius 3 is 2.88 bits per heavy atom. The third kappa shape index (κ3) is 4.51. The van der Waals surface area contributed by atoms with Crippen LogP contribution in [0.3, 0.4) is 0 Å². The third-order valence-corrected chi connectivity index (χ3v) is 4.45. The molecule has 0 atom stereocenters. The van der Waals surface area contributed by atoms with E-state index in [1.54, 1.807) is 43.5 Å². The maximum Gasteiger partial charge on any atom is 0.230 e. The summed E-state index contributed by atoms with van der Waals surface area (Å²) in [5, 5.41) is 2.78. The van der Waals surface area contributed by atoms with Crippen molar-refractivity contribution in [2.75, 3.05) is 5.75 Å². The molecule has 3 aromatic rings. The number of aryl methyl sites for hydroxylation is 1. The van der Waals surface area contributed by atoms with E-state index in [2.05, 4.69) is 10.3 Å². The van der Waals surface area contributed by atoms with E-state index in [1.807, 2.05) is 0 Å². The number of aromatic nitrogens is 1. The van der Waals surface area contributed by atoms with Crippen LogP contribution in [0.15, 0.2) is 51.5 Å².